The third kappa shape index (κ3) is 4.25. The molecule has 2 aliphatic heterocycles. The van der Waals surface area contributed by atoms with Gasteiger partial charge in [-0.05, 0) is 24.6 Å². The number of nitrogens with zero attached hydrogens (tertiary/aromatic N) is 5. The van der Waals surface area contributed by atoms with Crippen LogP contribution in [0.5, 0.6) is 5.75 Å². The molecule has 0 aliphatic carbocycles. The van der Waals surface area contributed by atoms with E-state index in [-0.39, 0.29) is 6.03 Å². The molecular weight excluding hydrogens is 424 g/mol. The number of ether oxygens (including phenoxy) is 2. The predicted molar refractivity (Wildman–Crippen MR) is 124 cm³/mol. The van der Waals surface area contributed by atoms with Gasteiger partial charge in [-0.2, -0.15) is 4.98 Å². The van der Waals surface area contributed by atoms with Gasteiger partial charge in [0.15, 0.2) is 0 Å². The number of amides is 2. The van der Waals surface area contributed by atoms with E-state index in [1.807, 2.05) is 34.1 Å². The zero-order valence-electron chi connectivity index (χ0n) is 18.7. The number of morpholine rings is 1. The minimum absolute atomic E-state index is 0.0780. The number of carbonyl (C=O) groups excluding carboxylic acids is 1. The Morgan fingerprint density at radius 3 is 2.64 bits per heavy atom. The van der Waals surface area contributed by atoms with Gasteiger partial charge in [0.2, 0.25) is 5.95 Å². The number of aromatic nitrogens is 2. The molecule has 2 fully saturated rings. The van der Waals surface area contributed by atoms with Crippen molar-refractivity contribution in [2.45, 2.75) is 6.42 Å². The third-order valence-corrected chi connectivity index (χ3v) is 6.15. The predicted octanol–water partition coefficient (Wildman–Crippen LogP) is 2.44. The maximum atomic E-state index is 12.9. The first-order valence-corrected chi connectivity index (χ1v) is 11.2. The zero-order chi connectivity index (χ0) is 22.8. The SMILES string of the molecule is COc1cc2nc(N3CCCN(C(=O)N4CCOCC4)CC3)nc(N)c2cc1-c1ccco1. The van der Waals surface area contributed by atoms with Crippen LogP contribution in [0.3, 0.4) is 0 Å². The van der Waals surface area contributed by atoms with Gasteiger partial charge in [0.1, 0.15) is 17.3 Å². The number of furan rings is 1. The Balaban J connectivity index is 1.38. The number of rotatable bonds is 3. The number of hydrogen-bond donors (Lipinski definition) is 1. The molecule has 0 atom stereocenters. The molecule has 0 radical (unpaired) electrons. The van der Waals surface area contributed by atoms with Crippen LogP contribution in [0.2, 0.25) is 0 Å². The summed E-state index contributed by atoms with van der Waals surface area (Å²) in [5.74, 6) is 2.30. The van der Waals surface area contributed by atoms with Crippen LogP contribution in [-0.2, 0) is 4.74 Å². The van der Waals surface area contributed by atoms with E-state index in [9.17, 15) is 4.79 Å². The monoisotopic (exact) mass is 452 g/mol. The molecule has 0 saturated carbocycles. The minimum Gasteiger partial charge on any atom is -0.496 e. The Bertz CT molecular complexity index is 1130. The summed E-state index contributed by atoms with van der Waals surface area (Å²) in [5, 5.41) is 0.741. The van der Waals surface area contributed by atoms with Crippen molar-refractivity contribution >= 4 is 28.7 Å². The number of anilines is 2. The van der Waals surface area contributed by atoms with Crippen molar-refractivity contribution in [2.75, 3.05) is 70.2 Å². The molecule has 174 valence electrons. The summed E-state index contributed by atoms with van der Waals surface area (Å²) in [5.41, 5.74) is 7.86. The number of urea groups is 1. The molecule has 10 nitrogen and oxygen atoms in total. The van der Waals surface area contributed by atoms with Crippen molar-refractivity contribution in [1.82, 2.24) is 19.8 Å². The molecule has 2 saturated heterocycles. The highest BCUT2D eigenvalue weighted by Crippen LogP contribution is 2.36. The highest BCUT2D eigenvalue weighted by atomic mass is 16.5. The second-order valence-corrected chi connectivity index (χ2v) is 8.17. The number of nitrogen functional groups attached to an aromatic ring is 1. The lowest BCUT2D eigenvalue weighted by Gasteiger charge is -2.32. The van der Waals surface area contributed by atoms with Crippen LogP contribution in [0, 0.1) is 0 Å². The molecule has 0 spiro atoms. The van der Waals surface area contributed by atoms with Gasteiger partial charge in [-0.1, -0.05) is 0 Å². The van der Waals surface area contributed by atoms with Crippen molar-refractivity contribution in [3.8, 4) is 17.1 Å². The van der Waals surface area contributed by atoms with Crippen LogP contribution < -0.4 is 15.4 Å². The molecule has 5 rings (SSSR count). The first-order chi connectivity index (χ1) is 16.1. The number of hydrogen-bond acceptors (Lipinski definition) is 8. The molecule has 2 N–H and O–H groups in total. The smallest absolute Gasteiger partial charge is 0.320 e. The van der Waals surface area contributed by atoms with E-state index in [0.717, 1.165) is 23.9 Å². The highest BCUT2D eigenvalue weighted by molar-refractivity contribution is 5.94. The zero-order valence-corrected chi connectivity index (χ0v) is 18.7. The molecule has 0 unspecified atom stereocenters. The number of nitrogens with two attached hydrogens (primary N) is 1. The topological polar surface area (TPSA) is 110 Å². The van der Waals surface area contributed by atoms with E-state index in [0.29, 0.717) is 74.7 Å². The summed E-state index contributed by atoms with van der Waals surface area (Å²) >= 11 is 0. The average molecular weight is 453 g/mol. The van der Waals surface area contributed by atoms with Crippen molar-refractivity contribution in [1.29, 1.82) is 0 Å². The van der Waals surface area contributed by atoms with E-state index < -0.39 is 0 Å². The minimum atomic E-state index is 0.0780. The van der Waals surface area contributed by atoms with Crippen LogP contribution in [0.1, 0.15) is 6.42 Å². The molecule has 4 heterocycles. The van der Waals surface area contributed by atoms with Crippen molar-refractivity contribution < 1.29 is 18.7 Å². The van der Waals surface area contributed by atoms with Crippen LogP contribution in [0.25, 0.3) is 22.2 Å². The number of carbonyl (C=O) groups is 1. The Morgan fingerprint density at radius 2 is 1.88 bits per heavy atom. The second kappa shape index (κ2) is 9.14. The van der Waals surface area contributed by atoms with Crippen LogP contribution in [-0.4, -0.2) is 85.4 Å². The van der Waals surface area contributed by atoms with Gasteiger partial charge >= 0.3 is 6.03 Å². The standard InChI is InChI=1S/C23H28N6O4/c1-31-20-15-18-16(14-17(20)19-4-2-11-33-19)21(24)26-22(25-18)27-5-3-6-28(8-7-27)23(30)29-9-12-32-13-10-29/h2,4,11,14-15H,3,5-10,12-13H2,1H3,(H2,24,25,26). The van der Waals surface area contributed by atoms with Crippen LogP contribution in [0.4, 0.5) is 16.6 Å². The van der Waals surface area contributed by atoms with Gasteiger partial charge in [-0.3, -0.25) is 0 Å². The largest absolute Gasteiger partial charge is 0.496 e. The molecule has 2 amide bonds. The van der Waals surface area contributed by atoms with Crippen molar-refractivity contribution in [3.05, 3.63) is 30.5 Å². The summed E-state index contributed by atoms with van der Waals surface area (Å²) in [6.45, 7) is 5.19. The van der Waals surface area contributed by atoms with Crippen LogP contribution >= 0.6 is 0 Å². The summed E-state index contributed by atoms with van der Waals surface area (Å²) < 4.78 is 16.5. The fourth-order valence-electron chi connectivity index (χ4n) is 4.37. The molecule has 0 bridgehead atoms. The summed E-state index contributed by atoms with van der Waals surface area (Å²) in [4.78, 5) is 28.1. The van der Waals surface area contributed by atoms with E-state index in [4.69, 9.17) is 24.6 Å². The van der Waals surface area contributed by atoms with E-state index in [1.165, 1.54) is 0 Å². The number of benzene rings is 1. The average Bonchev–Trinajstić information content (AvgIpc) is 3.27. The summed E-state index contributed by atoms with van der Waals surface area (Å²) in [6.07, 6.45) is 2.45. The molecule has 2 aliphatic rings. The first kappa shape index (κ1) is 21.3. The van der Waals surface area contributed by atoms with Gasteiger partial charge in [-0.25, -0.2) is 9.78 Å². The fourth-order valence-corrected chi connectivity index (χ4v) is 4.37. The Kier molecular flexibility index (Phi) is 5.91. The van der Waals surface area contributed by atoms with Crippen molar-refractivity contribution in [2.24, 2.45) is 0 Å². The van der Waals surface area contributed by atoms with E-state index in [1.54, 1.807) is 13.4 Å². The summed E-state index contributed by atoms with van der Waals surface area (Å²) in [7, 11) is 1.62. The molecular formula is C23H28N6O4. The lowest BCUT2D eigenvalue weighted by molar-refractivity contribution is 0.0438. The number of methoxy groups -OCH3 is 1. The van der Waals surface area contributed by atoms with Crippen molar-refractivity contribution in [3.63, 3.8) is 0 Å². The normalized spacial score (nSPS) is 17.3. The maximum absolute atomic E-state index is 12.9. The van der Waals surface area contributed by atoms with Gasteiger partial charge in [-0.15, -0.1) is 0 Å². The molecule has 1 aromatic carbocycles. The van der Waals surface area contributed by atoms with Gasteiger partial charge in [0.25, 0.3) is 0 Å². The summed E-state index contributed by atoms with van der Waals surface area (Å²) in [6, 6.07) is 7.54. The van der Waals surface area contributed by atoms with E-state index >= 15 is 0 Å². The lowest BCUT2D eigenvalue weighted by Crippen LogP contribution is -2.49. The van der Waals surface area contributed by atoms with Gasteiger partial charge in [0, 0.05) is 50.7 Å². The third-order valence-electron chi connectivity index (χ3n) is 6.15. The quantitative estimate of drug-likeness (QED) is 0.645. The first-order valence-electron chi connectivity index (χ1n) is 11.2. The molecule has 10 heteroatoms. The van der Waals surface area contributed by atoms with Crippen LogP contribution in [0.15, 0.2) is 34.9 Å². The second-order valence-electron chi connectivity index (χ2n) is 8.17. The van der Waals surface area contributed by atoms with Gasteiger partial charge < -0.3 is 34.3 Å². The Hall–Kier alpha value is -3.53. The molecule has 33 heavy (non-hydrogen) atoms. The fraction of sp³-hybridized carbons (Fsp3) is 0.435. The number of fused-ring (bicyclic) bond motifs is 1. The Labute approximate surface area is 191 Å². The highest BCUT2D eigenvalue weighted by Gasteiger charge is 2.26. The van der Waals surface area contributed by atoms with E-state index in [2.05, 4.69) is 9.88 Å². The molecule has 2 aromatic heterocycles. The lowest BCUT2D eigenvalue weighted by atomic mass is 10.1. The van der Waals surface area contributed by atoms with Gasteiger partial charge in [0.05, 0.1) is 37.7 Å². The molecule has 3 aromatic rings. The Morgan fingerprint density at radius 1 is 1.06 bits per heavy atom. The maximum Gasteiger partial charge on any atom is 0.320 e.